The van der Waals surface area contributed by atoms with Crippen LogP contribution in [0.5, 0.6) is 0 Å². The maximum absolute atomic E-state index is 6.21. The Morgan fingerprint density at radius 3 is 2.67 bits per heavy atom. The van der Waals surface area contributed by atoms with Crippen LogP contribution < -0.4 is 5.32 Å². The van der Waals surface area contributed by atoms with Gasteiger partial charge in [-0.25, -0.2) is 0 Å². The second kappa shape index (κ2) is 5.50. The summed E-state index contributed by atoms with van der Waals surface area (Å²) in [6, 6.07) is 4.09. The third-order valence-corrected chi connectivity index (χ3v) is 3.18. The lowest BCUT2D eigenvalue weighted by molar-refractivity contribution is 0.571. The summed E-state index contributed by atoms with van der Waals surface area (Å²) in [5.41, 5.74) is 3.06. The van der Waals surface area contributed by atoms with Crippen LogP contribution >= 0.6 is 11.6 Å². The molecule has 0 amide bonds. The minimum atomic E-state index is 0.0168. The largest absolute Gasteiger partial charge is 0.305 e. The summed E-state index contributed by atoms with van der Waals surface area (Å²) in [6.45, 7) is 4.89. The highest BCUT2D eigenvalue weighted by Gasteiger charge is 2.20. The molecule has 0 aliphatic heterocycles. The summed E-state index contributed by atoms with van der Waals surface area (Å²) >= 11 is 6.21. The number of halogens is 1. The van der Waals surface area contributed by atoms with E-state index in [2.05, 4.69) is 28.4 Å². The van der Waals surface area contributed by atoms with Crippen LogP contribution in [0.1, 0.15) is 29.9 Å². The Morgan fingerprint density at radius 2 is 2.17 bits per heavy atom. The monoisotopic (exact) mass is 264 g/mol. The number of nitrogens with zero attached hydrogens (tertiary/aromatic N) is 3. The number of hydrogen-bond acceptors (Lipinski definition) is 3. The molecule has 2 aromatic rings. The Balaban J connectivity index is 2.43. The molecule has 2 aromatic heterocycles. The molecule has 0 saturated heterocycles. The van der Waals surface area contributed by atoms with Gasteiger partial charge in [0.2, 0.25) is 0 Å². The molecule has 2 rings (SSSR count). The summed E-state index contributed by atoms with van der Waals surface area (Å²) < 4.78 is 1.80. The molecule has 0 spiro atoms. The zero-order valence-electron chi connectivity index (χ0n) is 10.8. The van der Waals surface area contributed by atoms with Crippen LogP contribution in [0.15, 0.2) is 24.5 Å². The maximum Gasteiger partial charge on any atom is 0.0837 e. The van der Waals surface area contributed by atoms with Crippen molar-refractivity contribution in [1.82, 2.24) is 20.1 Å². The SMILES string of the molecule is CCNC(c1ccc(C)nc1)c1c(Cl)cnn1C. The highest BCUT2D eigenvalue weighted by atomic mass is 35.5. The molecule has 18 heavy (non-hydrogen) atoms. The molecule has 2 heterocycles. The van der Waals surface area contributed by atoms with E-state index in [1.54, 1.807) is 10.9 Å². The molecule has 4 nitrogen and oxygen atoms in total. The highest BCUT2D eigenvalue weighted by molar-refractivity contribution is 6.31. The summed E-state index contributed by atoms with van der Waals surface area (Å²) in [4.78, 5) is 4.34. The van der Waals surface area contributed by atoms with Gasteiger partial charge >= 0.3 is 0 Å². The molecule has 0 aromatic carbocycles. The molecule has 0 bridgehead atoms. The van der Waals surface area contributed by atoms with E-state index in [4.69, 9.17) is 11.6 Å². The molecule has 0 aliphatic rings. The lowest BCUT2D eigenvalue weighted by Crippen LogP contribution is -2.24. The molecule has 1 unspecified atom stereocenters. The molecule has 1 N–H and O–H groups in total. The summed E-state index contributed by atoms with van der Waals surface area (Å²) in [5.74, 6) is 0. The minimum Gasteiger partial charge on any atom is -0.305 e. The first-order valence-electron chi connectivity index (χ1n) is 5.96. The van der Waals surface area contributed by atoms with Crippen LogP contribution in [-0.2, 0) is 7.05 Å². The average Bonchev–Trinajstić information content (AvgIpc) is 2.68. The molecule has 0 aliphatic carbocycles. The smallest absolute Gasteiger partial charge is 0.0837 e. The number of hydrogen-bond donors (Lipinski definition) is 1. The highest BCUT2D eigenvalue weighted by Crippen LogP contribution is 2.27. The van der Waals surface area contributed by atoms with Gasteiger partial charge in [-0.05, 0) is 25.1 Å². The van der Waals surface area contributed by atoms with Crippen molar-refractivity contribution in [3.05, 3.63) is 46.5 Å². The molecular formula is C13H17ClN4. The Kier molecular flexibility index (Phi) is 3.99. The van der Waals surface area contributed by atoms with Gasteiger partial charge in [-0.15, -0.1) is 0 Å². The standard InChI is InChI=1S/C13H17ClN4/c1-4-15-12(10-6-5-9(2)16-7-10)13-11(14)8-17-18(13)3/h5-8,12,15H,4H2,1-3H3. The Morgan fingerprint density at radius 1 is 1.39 bits per heavy atom. The normalized spacial score (nSPS) is 12.7. The van der Waals surface area contributed by atoms with Crippen molar-refractivity contribution in [1.29, 1.82) is 0 Å². The first-order valence-corrected chi connectivity index (χ1v) is 6.34. The maximum atomic E-state index is 6.21. The Hall–Kier alpha value is -1.39. The molecule has 0 radical (unpaired) electrons. The summed E-state index contributed by atoms with van der Waals surface area (Å²) in [6.07, 6.45) is 3.55. The predicted octanol–water partition coefficient (Wildman–Crippen LogP) is 2.48. The van der Waals surface area contributed by atoms with Gasteiger partial charge in [-0.2, -0.15) is 5.10 Å². The van der Waals surface area contributed by atoms with Crippen LogP contribution in [0.4, 0.5) is 0 Å². The van der Waals surface area contributed by atoms with Crippen LogP contribution in [0.3, 0.4) is 0 Å². The zero-order chi connectivity index (χ0) is 13.1. The first kappa shape index (κ1) is 13.1. The van der Waals surface area contributed by atoms with Crippen LogP contribution in [0.25, 0.3) is 0 Å². The van der Waals surface area contributed by atoms with Gasteiger partial charge < -0.3 is 5.32 Å². The van der Waals surface area contributed by atoms with E-state index in [1.165, 1.54) is 0 Å². The summed E-state index contributed by atoms with van der Waals surface area (Å²) in [7, 11) is 1.90. The van der Waals surface area contributed by atoms with Crippen LogP contribution in [0, 0.1) is 6.92 Å². The predicted molar refractivity (Wildman–Crippen MR) is 72.7 cm³/mol. The molecule has 1 atom stereocenters. The quantitative estimate of drug-likeness (QED) is 0.923. The fourth-order valence-corrected chi connectivity index (χ4v) is 2.25. The fraction of sp³-hybridized carbons (Fsp3) is 0.385. The summed E-state index contributed by atoms with van der Waals surface area (Å²) in [5, 5.41) is 8.27. The molecular weight excluding hydrogens is 248 g/mol. The van der Waals surface area contributed by atoms with Crippen molar-refractivity contribution >= 4 is 11.6 Å². The van der Waals surface area contributed by atoms with Crippen molar-refractivity contribution in [2.45, 2.75) is 19.9 Å². The number of rotatable bonds is 4. The van der Waals surface area contributed by atoms with E-state index in [9.17, 15) is 0 Å². The fourth-order valence-electron chi connectivity index (χ4n) is 1.97. The van der Waals surface area contributed by atoms with Gasteiger partial charge in [-0.3, -0.25) is 9.67 Å². The Bertz CT molecular complexity index is 499. The third-order valence-electron chi connectivity index (χ3n) is 2.89. The number of nitrogens with one attached hydrogen (secondary N) is 1. The van der Waals surface area contributed by atoms with E-state index in [1.807, 2.05) is 26.2 Å². The number of pyridine rings is 1. The van der Waals surface area contributed by atoms with Crippen LogP contribution in [-0.4, -0.2) is 21.3 Å². The molecule has 96 valence electrons. The number of aromatic nitrogens is 3. The molecule has 0 fully saturated rings. The topological polar surface area (TPSA) is 42.7 Å². The van der Waals surface area contributed by atoms with E-state index < -0.39 is 0 Å². The van der Waals surface area contributed by atoms with E-state index in [0.717, 1.165) is 23.5 Å². The van der Waals surface area contributed by atoms with Crippen molar-refractivity contribution in [2.75, 3.05) is 6.54 Å². The van der Waals surface area contributed by atoms with Crippen molar-refractivity contribution in [3.8, 4) is 0 Å². The van der Waals surface area contributed by atoms with Crippen LogP contribution in [0.2, 0.25) is 5.02 Å². The van der Waals surface area contributed by atoms with Crippen molar-refractivity contribution < 1.29 is 0 Å². The van der Waals surface area contributed by atoms with Gasteiger partial charge in [-0.1, -0.05) is 24.6 Å². The minimum absolute atomic E-state index is 0.0168. The van der Waals surface area contributed by atoms with E-state index in [-0.39, 0.29) is 6.04 Å². The van der Waals surface area contributed by atoms with Gasteiger partial charge in [0, 0.05) is 18.9 Å². The lowest BCUT2D eigenvalue weighted by Gasteiger charge is -2.19. The molecule has 0 saturated carbocycles. The second-order valence-corrected chi connectivity index (χ2v) is 4.63. The van der Waals surface area contributed by atoms with Gasteiger partial charge in [0.05, 0.1) is 23.0 Å². The van der Waals surface area contributed by atoms with E-state index in [0.29, 0.717) is 5.02 Å². The van der Waals surface area contributed by atoms with Crippen molar-refractivity contribution in [2.24, 2.45) is 7.05 Å². The van der Waals surface area contributed by atoms with Gasteiger partial charge in [0.15, 0.2) is 0 Å². The molecule has 5 heteroatoms. The van der Waals surface area contributed by atoms with Gasteiger partial charge in [0.25, 0.3) is 0 Å². The van der Waals surface area contributed by atoms with E-state index >= 15 is 0 Å². The number of aryl methyl sites for hydroxylation is 2. The third kappa shape index (κ3) is 2.54. The zero-order valence-corrected chi connectivity index (χ0v) is 11.6. The van der Waals surface area contributed by atoms with Gasteiger partial charge in [0.1, 0.15) is 0 Å². The average molecular weight is 265 g/mol. The van der Waals surface area contributed by atoms with Crippen molar-refractivity contribution in [3.63, 3.8) is 0 Å². The Labute approximate surface area is 112 Å². The lowest BCUT2D eigenvalue weighted by atomic mass is 10.1. The second-order valence-electron chi connectivity index (χ2n) is 4.22. The first-order chi connectivity index (χ1) is 8.63.